The van der Waals surface area contributed by atoms with Gasteiger partial charge in [-0.2, -0.15) is 0 Å². The molecule has 0 bridgehead atoms. The van der Waals surface area contributed by atoms with E-state index in [9.17, 15) is 0 Å². The molecule has 0 amide bonds. The standard InChI is InChI=1S/C16H18O/c1-3-8-15(9-4-1)12-7-13-17-14-16-10-5-2-6-11-16/h1-6,8-11H,7,12-14H2/i12D2,14D2. The zero-order chi connectivity index (χ0) is 15.3. The largest absolute Gasteiger partial charge is 0.377 e. The van der Waals surface area contributed by atoms with E-state index in [2.05, 4.69) is 0 Å². The third-order valence-corrected chi connectivity index (χ3v) is 2.27. The minimum atomic E-state index is -1.91. The average molecular weight is 230 g/mol. The maximum absolute atomic E-state index is 8.04. The van der Waals surface area contributed by atoms with Gasteiger partial charge in [0, 0.05) is 9.35 Å². The van der Waals surface area contributed by atoms with Gasteiger partial charge in [-0.15, -0.1) is 0 Å². The Morgan fingerprint density at radius 2 is 1.41 bits per heavy atom. The van der Waals surface area contributed by atoms with Crippen LogP contribution in [0.15, 0.2) is 60.7 Å². The maximum atomic E-state index is 8.04. The average Bonchev–Trinajstić information content (AvgIpc) is 2.49. The Labute approximate surface area is 109 Å². The van der Waals surface area contributed by atoms with Crippen molar-refractivity contribution in [2.24, 2.45) is 0 Å². The van der Waals surface area contributed by atoms with E-state index in [0.717, 1.165) is 0 Å². The van der Waals surface area contributed by atoms with Crippen molar-refractivity contribution in [3.05, 3.63) is 71.8 Å². The fourth-order valence-corrected chi connectivity index (χ4v) is 1.44. The van der Waals surface area contributed by atoms with E-state index in [1.807, 2.05) is 12.1 Å². The first-order valence-electron chi connectivity index (χ1n) is 7.67. The summed E-state index contributed by atoms with van der Waals surface area (Å²) in [6, 6.07) is 17.5. The normalized spacial score (nSPS) is 15.5. The molecule has 2 aromatic carbocycles. The second-order valence-corrected chi connectivity index (χ2v) is 3.61. The lowest BCUT2D eigenvalue weighted by Gasteiger charge is -2.04. The zero-order valence-electron chi connectivity index (χ0n) is 13.6. The lowest BCUT2D eigenvalue weighted by Crippen LogP contribution is -1.97. The van der Waals surface area contributed by atoms with Gasteiger partial charge in [0.2, 0.25) is 0 Å². The molecule has 0 aliphatic carbocycles. The van der Waals surface area contributed by atoms with E-state index in [4.69, 9.17) is 10.2 Å². The third-order valence-electron chi connectivity index (χ3n) is 2.27. The molecule has 0 unspecified atom stereocenters. The number of hydrogen-bond donors (Lipinski definition) is 0. The summed E-state index contributed by atoms with van der Waals surface area (Å²) in [5, 5.41) is 0. The smallest absolute Gasteiger partial charge is 0.0716 e. The summed E-state index contributed by atoms with van der Waals surface area (Å²) in [4.78, 5) is 0. The molecule has 0 aliphatic rings. The molecule has 88 valence electrons. The fourth-order valence-electron chi connectivity index (χ4n) is 1.44. The van der Waals surface area contributed by atoms with Gasteiger partial charge in [-0.25, -0.2) is 0 Å². The second-order valence-electron chi connectivity index (χ2n) is 3.61. The molecular weight excluding hydrogens is 208 g/mol. The molecule has 17 heavy (non-hydrogen) atoms. The van der Waals surface area contributed by atoms with Crippen molar-refractivity contribution >= 4 is 0 Å². The fraction of sp³-hybridized carbons (Fsp3) is 0.250. The van der Waals surface area contributed by atoms with E-state index in [1.165, 1.54) is 0 Å². The Kier molecular flexibility index (Phi) is 3.10. The molecule has 1 heteroatoms. The minimum Gasteiger partial charge on any atom is -0.377 e. The van der Waals surface area contributed by atoms with Crippen LogP contribution < -0.4 is 0 Å². The van der Waals surface area contributed by atoms with Crippen molar-refractivity contribution in [3.63, 3.8) is 0 Å². The lowest BCUT2D eigenvalue weighted by molar-refractivity contribution is 0.118. The summed E-state index contributed by atoms with van der Waals surface area (Å²) in [6.45, 7) is -1.90. The highest BCUT2D eigenvalue weighted by Gasteiger charge is 1.94. The van der Waals surface area contributed by atoms with Crippen molar-refractivity contribution in [1.82, 2.24) is 0 Å². The van der Waals surface area contributed by atoms with Crippen LogP contribution in [0.25, 0.3) is 0 Å². The van der Waals surface area contributed by atoms with Gasteiger partial charge in [-0.1, -0.05) is 60.7 Å². The summed E-state index contributed by atoms with van der Waals surface area (Å²) in [6.07, 6.45) is -1.43. The molecule has 2 rings (SSSR count). The van der Waals surface area contributed by atoms with Crippen molar-refractivity contribution in [1.29, 1.82) is 0 Å². The lowest BCUT2D eigenvalue weighted by atomic mass is 10.1. The predicted octanol–water partition coefficient (Wildman–Crippen LogP) is 3.84. The molecule has 0 aliphatic heterocycles. The number of benzene rings is 2. The van der Waals surface area contributed by atoms with Crippen LogP contribution in [0.4, 0.5) is 0 Å². The van der Waals surface area contributed by atoms with Crippen LogP contribution in [-0.4, -0.2) is 6.61 Å². The molecule has 0 heterocycles. The molecule has 0 atom stereocenters. The van der Waals surface area contributed by atoms with Crippen molar-refractivity contribution in [2.75, 3.05) is 6.61 Å². The second kappa shape index (κ2) is 6.87. The van der Waals surface area contributed by atoms with Gasteiger partial charge in [0.15, 0.2) is 0 Å². The molecule has 0 spiro atoms. The maximum Gasteiger partial charge on any atom is 0.0716 e. The predicted molar refractivity (Wildman–Crippen MR) is 70.9 cm³/mol. The Morgan fingerprint density at radius 3 is 2.06 bits per heavy atom. The quantitative estimate of drug-likeness (QED) is 0.732. The van der Waals surface area contributed by atoms with Crippen LogP contribution in [0, 0.1) is 0 Å². The molecule has 0 saturated heterocycles. The van der Waals surface area contributed by atoms with Gasteiger partial charge in [0.05, 0.1) is 9.30 Å². The number of rotatable bonds is 6. The highest BCUT2D eigenvalue weighted by Crippen LogP contribution is 2.04. The molecule has 0 radical (unpaired) electrons. The Morgan fingerprint density at radius 1 is 0.824 bits per heavy atom. The van der Waals surface area contributed by atoms with Crippen molar-refractivity contribution in [3.8, 4) is 0 Å². The Balaban J connectivity index is 1.95. The van der Waals surface area contributed by atoms with Crippen molar-refractivity contribution < 1.29 is 10.2 Å². The van der Waals surface area contributed by atoms with E-state index in [1.54, 1.807) is 48.5 Å². The molecule has 0 aromatic heterocycles. The first-order chi connectivity index (χ1) is 9.92. The summed E-state index contributed by atoms with van der Waals surface area (Å²) in [7, 11) is 0. The molecule has 0 saturated carbocycles. The van der Waals surface area contributed by atoms with Crippen LogP contribution in [-0.2, 0) is 17.7 Å². The van der Waals surface area contributed by atoms with Crippen LogP contribution in [0.5, 0.6) is 0 Å². The Bertz CT molecular complexity index is 504. The van der Waals surface area contributed by atoms with E-state index in [0.29, 0.717) is 11.1 Å². The molecular formula is C16H18O. The van der Waals surface area contributed by atoms with Gasteiger partial charge < -0.3 is 4.74 Å². The Hall–Kier alpha value is -1.60. The highest BCUT2D eigenvalue weighted by molar-refractivity contribution is 5.15. The zero-order valence-corrected chi connectivity index (χ0v) is 9.60. The molecule has 0 N–H and O–H groups in total. The number of ether oxygens (including phenoxy) is 1. The first kappa shape index (κ1) is 7.67. The summed E-state index contributed by atoms with van der Waals surface area (Å²) >= 11 is 0. The minimum absolute atomic E-state index is 0.00376. The van der Waals surface area contributed by atoms with E-state index in [-0.39, 0.29) is 13.0 Å². The summed E-state index contributed by atoms with van der Waals surface area (Å²) in [5.74, 6) is 0. The van der Waals surface area contributed by atoms with Gasteiger partial charge in [-0.05, 0) is 23.9 Å². The van der Waals surface area contributed by atoms with E-state index < -0.39 is 12.9 Å². The number of hydrogen-bond acceptors (Lipinski definition) is 1. The third kappa shape index (κ3) is 4.41. The van der Waals surface area contributed by atoms with Crippen molar-refractivity contribution in [2.45, 2.75) is 19.4 Å². The topological polar surface area (TPSA) is 9.23 Å². The summed E-state index contributed by atoms with van der Waals surface area (Å²) < 4.78 is 37.2. The molecule has 1 nitrogen and oxygen atoms in total. The molecule has 2 aromatic rings. The van der Waals surface area contributed by atoms with E-state index >= 15 is 0 Å². The van der Waals surface area contributed by atoms with Crippen LogP contribution in [0.1, 0.15) is 23.0 Å². The monoisotopic (exact) mass is 230 g/mol. The van der Waals surface area contributed by atoms with Gasteiger partial charge in [0.25, 0.3) is 0 Å². The van der Waals surface area contributed by atoms with Crippen LogP contribution in [0.3, 0.4) is 0 Å². The van der Waals surface area contributed by atoms with Crippen LogP contribution >= 0.6 is 0 Å². The summed E-state index contributed by atoms with van der Waals surface area (Å²) in [5.41, 5.74) is 1.01. The number of aryl methyl sites for hydroxylation is 1. The molecule has 0 fully saturated rings. The first-order valence-corrected chi connectivity index (χ1v) is 5.67. The SMILES string of the molecule is [2H]C([2H])(CCOC([2H])([2H])c1ccccc1)c1ccccc1. The van der Waals surface area contributed by atoms with Crippen LogP contribution in [0.2, 0.25) is 0 Å². The van der Waals surface area contributed by atoms with Gasteiger partial charge >= 0.3 is 0 Å². The highest BCUT2D eigenvalue weighted by atomic mass is 16.5. The van der Waals surface area contributed by atoms with Gasteiger partial charge in [0.1, 0.15) is 0 Å². The van der Waals surface area contributed by atoms with Gasteiger partial charge in [-0.3, -0.25) is 0 Å².